The molecule has 3 N–H and O–H groups in total. The third-order valence-corrected chi connectivity index (χ3v) is 2.42. The highest BCUT2D eigenvalue weighted by atomic mass is 16.5. The van der Waals surface area contributed by atoms with Gasteiger partial charge >= 0.3 is 0 Å². The summed E-state index contributed by atoms with van der Waals surface area (Å²) in [6, 6.07) is 9.41. The van der Waals surface area contributed by atoms with Crippen molar-refractivity contribution in [1.82, 2.24) is 0 Å². The molecule has 0 bridgehead atoms. The van der Waals surface area contributed by atoms with E-state index >= 15 is 0 Å². The Kier molecular flexibility index (Phi) is 11.9. The van der Waals surface area contributed by atoms with Crippen LogP contribution in [0.1, 0.15) is 38.2 Å². The molecule has 0 saturated carbocycles. The fraction of sp³-hybridized carbons (Fsp3) is 0.467. The van der Waals surface area contributed by atoms with E-state index in [9.17, 15) is 4.79 Å². The third-order valence-electron chi connectivity index (χ3n) is 2.42. The highest BCUT2D eigenvalue weighted by Crippen LogP contribution is 1.99. The van der Waals surface area contributed by atoms with E-state index in [0.717, 1.165) is 12.0 Å². The van der Waals surface area contributed by atoms with Crippen LogP contribution in [0, 0.1) is 5.41 Å². The second-order valence-corrected chi connectivity index (χ2v) is 4.17. The first-order valence-electron chi connectivity index (χ1n) is 6.75. The first kappa shape index (κ1) is 17.9. The largest absolute Gasteiger partial charge is 0.466 e. The van der Waals surface area contributed by atoms with Crippen molar-refractivity contribution in [3.8, 4) is 0 Å². The minimum absolute atomic E-state index is 0.170. The van der Waals surface area contributed by atoms with Crippen LogP contribution in [0.3, 0.4) is 0 Å². The number of hydrogen-bond donors (Lipinski definition) is 2. The van der Waals surface area contributed by atoms with E-state index in [2.05, 4.69) is 11.9 Å². The molecule has 0 aliphatic heterocycles. The highest BCUT2D eigenvalue weighted by molar-refractivity contribution is 5.67. The minimum atomic E-state index is -0.170. The van der Waals surface area contributed by atoms with E-state index in [1.165, 1.54) is 25.3 Å². The van der Waals surface area contributed by atoms with Crippen LogP contribution in [0.4, 0.5) is 0 Å². The van der Waals surface area contributed by atoms with E-state index in [1.807, 2.05) is 30.3 Å². The van der Waals surface area contributed by atoms with Gasteiger partial charge in [0.2, 0.25) is 6.08 Å². The van der Waals surface area contributed by atoms with Gasteiger partial charge in [0.25, 0.3) is 6.02 Å². The fourth-order valence-corrected chi connectivity index (χ4v) is 1.42. The molecule has 0 radical (unpaired) electrons. The smallest absolute Gasteiger partial charge is 0.278 e. The van der Waals surface area contributed by atoms with Crippen LogP contribution in [-0.2, 0) is 16.1 Å². The Bertz CT molecular complexity index is 401. The number of amidine groups is 1. The molecule has 20 heavy (non-hydrogen) atoms. The lowest BCUT2D eigenvalue weighted by Gasteiger charge is -2.01. The summed E-state index contributed by atoms with van der Waals surface area (Å²) in [5.41, 5.74) is 6.00. The number of nitrogens with two attached hydrogens (primary N) is 1. The van der Waals surface area contributed by atoms with Gasteiger partial charge in [0, 0.05) is 0 Å². The summed E-state index contributed by atoms with van der Waals surface area (Å²) in [6.45, 7) is 3.19. The number of nitrogens with zero attached hydrogens (tertiary/aromatic N) is 1. The van der Waals surface area contributed by atoms with E-state index in [0.29, 0.717) is 13.2 Å². The summed E-state index contributed by atoms with van der Waals surface area (Å²) in [6.07, 6.45) is 6.13. The van der Waals surface area contributed by atoms with Crippen molar-refractivity contribution in [3.63, 3.8) is 0 Å². The molecule has 1 aromatic rings. The summed E-state index contributed by atoms with van der Waals surface area (Å²) in [5.74, 6) is 0. The summed E-state index contributed by atoms with van der Waals surface area (Å²) in [4.78, 5) is 13.1. The van der Waals surface area contributed by atoms with Gasteiger partial charge in [-0.25, -0.2) is 9.79 Å². The Balaban J connectivity index is 0.000000361. The predicted molar refractivity (Wildman–Crippen MR) is 80.3 cm³/mol. The highest BCUT2D eigenvalue weighted by Gasteiger charge is 1.89. The summed E-state index contributed by atoms with van der Waals surface area (Å²) in [7, 11) is 0. The van der Waals surface area contributed by atoms with Crippen LogP contribution >= 0.6 is 0 Å². The number of nitrogens with one attached hydrogen (secondary N) is 1. The van der Waals surface area contributed by atoms with Crippen molar-refractivity contribution in [3.05, 3.63) is 35.9 Å². The van der Waals surface area contributed by atoms with Gasteiger partial charge in [-0.15, -0.1) is 0 Å². The summed E-state index contributed by atoms with van der Waals surface area (Å²) >= 11 is 0. The number of carbonyl (C=O) groups excluding carboxylic acids is 1. The molecule has 5 heteroatoms. The molecule has 0 aliphatic rings. The number of hydrogen-bond acceptors (Lipinski definition) is 4. The normalized spacial score (nSPS) is 8.85. The lowest BCUT2D eigenvalue weighted by atomic mass is 10.2. The Morgan fingerprint density at radius 2 is 2.00 bits per heavy atom. The van der Waals surface area contributed by atoms with Crippen LogP contribution in [-0.4, -0.2) is 18.7 Å². The number of rotatable bonds is 7. The van der Waals surface area contributed by atoms with Crippen molar-refractivity contribution >= 4 is 12.1 Å². The van der Waals surface area contributed by atoms with Crippen molar-refractivity contribution in [1.29, 1.82) is 5.41 Å². The van der Waals surface area contributed by atoms with Gasteiger partial charge in [0.15, 0.2) is 0 Å². The van der Waals surface area contributed by atoms with Crippen molar-refractivity contribution in [2.45, 2.75) is 39.2 Å². The average molecular weight is 277 g/mol. The zero-order chi connectivity index (χ0) is 15.1. The number of benzene rings is 1. The van der Waals surface area contributed by atoms with E-state index in [1.54, 1.807) is 0 Å². The Hall–Kier alpha value is -2.13. The maximum absolute atomic E-state index is 9.69. The Morgan fingerprint density at radius 1 is 1.30 bits per heavy atom. The number of aliphatic imine (C=N–C) groups is 1. The first-order valence-corrected chi connectivity index (χ1v) is 6.75. The zero-order valence-corrected chi connectivity index (χ0v) is 12.0. The molecule has 0 amide bonds. The summed E-state index contributed by atoms with van der Waals surface area (Å²) < 4.78 is 4.75. The second-order valence-electron chi connectivity index (χ2n) is 4.17. The van der Waals surface area contributed by atoms with Gasteiger partial charge in [-0.1, -0.05) is 56.5 Å². The molecule has 0 heterocycles. The maximum Gasteiger partial charge on any atom is 0.278 e. The Labute approximate surface area is 120 Å². The van der Waals surface area contributed by atoms with Crippen molar-refractivity contribution in [2.75, 3.05) is 6.61 Å². The molecule has 0 spiro atoms. The van der Waals surface area contributed by atoms with Gasteiger partial charge in [-0.3, -0.25) is 5.41 Å². The van der Waals surface area contributed by atoms with Crippen molar-refractivity contribution < 1.29 is 9.53 Å². The molecule has 5 nitrogen and oxygen atoms in total. The molecule has 0 aromatic heterocycles. The van der Waals surface area contributed by atoms with Crippen LogP contribution in [0.2, 0.25) is 0 Å². The van der Waals surface area contributed by atoms with Crippen LogP contribution in [0.5, 0.6) is 0 Å². The monoisotopic (exact) mass is 277 g/mol. The third kappa shape index (κ3) is 12.3. The van der Waals surface area contributed by atoms with E-state index in [4.69, 9.17) is 15.9 Å². The second kappa shape index (κ2) is 13.3. The van der Waals surface area contributed by atoms with Gasteiger partial charge in [0.1, 0.15) is 0 Å². The van der Waals surface area contributed by atoms with Crippen LogP contribution in [0.25, 0.3) is 0 Å². The molecular weight excluding hydrogens is 254 g/mol. The minimum Gasteiger partial charge on any atom is -0.466 e. The SMILES string of the molecule is CCCCCCOC(=N)N.O=C=NCc1ccccc1. The van der Waals surface area contributed by atoms with Crippen molar-refractivity contribution in [2.24, 2.45) is 10.7 Å². The molecule has 0 saturated heterocycles. The lowest BCUT2D eigenvalue weighted by molar-refractivity contribution is 0.285. The van der Waals surface area contributed by atoms with Gasteiger partial charge in [0.05, 0.1) is 13.2 Å². The average Bonchev–Trinajstić information content (AvgIpc) is 2.46. The fourth-order valence-electron chi connectivity index (χ4n) is 1.42. The maximum atomic E-state index is 9.69. The molecule has 0 fully saturated rings. The van der Waals surface area contributed by atoms with Crippen LogP contribution < -0.4 is 5.73 Å². The van der Waals surface area contributed by atoms with E-state index < -0.39 is 0 Å². The standard InChI is InChI=1S/C8H7NO.C7H16N2O/c10-7-9-6-8-4-2-1-3-5-8;1-2-3-4-5-6-10-7(8)9/h1-5H,6H2;2-6H2,1H3,(H3,8,9). The lowest BCUT2D eigenvalue weighted by Crippen LogP contribution is -2.14. The Morgan fingerprint density at radius 3 is 2.55 bits per heavy atom. The molecular formula is C15H23N3O2. The number of isocyanates is 1. The quantitative estimate of drug-likeness (QED) is 0.347. The number of unbranched alkanes of at least 4 members (excludes halogenated alkanes) is 3. The van der Waals surface area contributed by atoms with Crippen LogP contribution in [0.15, 0.2) is 35.3 Å². The molecule has 1 aromatic carbocycles. The first-order chi connectivity index (χ1) is 9.70. The molecule has 110 valence electrons. The van der Waals surface area contributed by atoms with Gasteiger partial charge in [-0.2, -0.15) is 0 Å². The molecule has 0 aliphatic carbocycles. The predicted octanol–water partition coefficient (Wildman–Crippen LogP) is 3.00. The van der Waals surface area contributed by atoms with E-state index in [-0.39, 0.29) is 6.02 Å². The number of ether oxygens (including phenoxy) is 1. The zero-order valence-electron chi connectivity index (χ0n) is 12.0. The topological polar surface area (TPSA) is 88.5 Å². The molecule has 0 unspecified atom stereocenters. The summed E-state index contributed by atoms with van der Waals surface area (Å²) in [5, 5.41) is 6.73. The molecule has 1 rings (SSSR count). The van der Waals surface area contributed by atoms with Gasteiger partial charge < -0.3 is 10.5 Å². The molecule has 0 atom stereocenters. The van der Waals surface area contributed by atoms with Gasteiger partial charge in [-0.05, 0) is 12.0 Å².